The summed E-state index contributed by atoms with van der Waals surface area (Å²) in [6.07, 6.45) is -1.13. The first-order valence-corrected chi connectivity index (χ1v) is 5.11. The van der Waals surface area contributed by atoms with Gasteiger partial charge in [-0.1, -0.05) is 0 Å². The summed E-state index contributed by atoms with van der Waals surface area (Å²) in [7, 11) is 0. The molecule has 8 heteroatoms. The minimum atomic E-state index is -4.29. The molecule has 1 aliphatic rings. The third kappa shape index (κ3) is 2.78. The Balaban J connectivity index is 2.08. The predicted octanol–water partition coefficient (Wildman–Crippen LogP) is 2.02. The van der Waals surface area contributed by atoms with Gasteiger partial charge in [-0.3, -0.25) is 9.71 Å². The van der Waals surface area contributed by atoms with Gasteiger partial charge in [-0.2, -0.15) is 13.2 Å². The van der Waals surface area contributed by atoms with Crippen LogP contribution in [0, 0.1) is 0 Å². The summed E-state index contributed by atoms with van der Waals surface area (Å²) < 4.78 is 38.4. The summed E-state index contributed by atoms with van der Waals surface area (Å²) in [6, 6.07) is 1.67. The van der Waals surface area contributed by atoms with E-state index in [1.54, 1.807) is 18.5 Å². The minimum absolute atomic E-state index is 0.0982. The van der Waals surface area contributed by atoms with Crippen molar-refractivity contribution in [3.8, 4) is 0 Å². The Labute approximate surface area is 93.5 Å². The van der Waals surface area contributed by atoms with Crippen molar-refractivity contribution >= 4 is 23.6 Å². The Kier molecular flexibility index (Phi) is 2.90. The number of alkyl halides is 3. The molecule has 0 saturated heterocycles. The number of nitrogens with zero attached hydrogens (tertiary/aromatic N) is 2. The third-order valence-corrected chi connectivity index (χ3v) is 2.55. The number of aliphatic imine (C=N–C) groups is 1. The van der Waals surface area contributed by atoms with E-state index in [1.807, 2.05) is 0 Å². The van der Waals surface area contributed by atoms with E-state index >= 15 is 0 Å². The maximum Gasteiger partial charge on any atom is 0.408 e. The summed E-state index contributed by atoms with van der Waals surface area (Å²) in [6.45, 7) is -1.21. The molecular weight excluding hydrogens is 241 g/mol. The zero-order valence-corrected chi connectivity index (χ0v) is 8.69. The highest BCUT2D eigenvalue weighted by molar-refractivity contribution is 7.98. The van der Waals surface area contributed by atoms with Gasteiger partial charge in [-0.15, -0.1) is 0 Å². The van der Waals surface area contributed by atoms with E-state index in [0.717, 1.165) is 4.90 Å². The number of rotatable bonds is 1. The van der Waals surface area contributed by atoms with Crippen LogP contribution in [0.1, 0.15) is 0 Å². The van der Waals surface area contributed by atoms with Gasteiger partial charge >= 0.3 is 6.18 Å². The molecule has 0 unspecified atom stereocenters. The largest absolute Gasteiger partial charge is 0.408 e. The molecule has 0 radical (unpaired) electrons. The molecule has 0 saturated carbocycles. The molecule has 4 nitrogen and oxygen atoms in total. The first-order valence-electron chi connectivity index (χ1n) is 4.30. The van der Waals surface area contributed by atoms with Crippen LogP contribution in [0.3, 0.4) is 0 Å². The molecule has 2 rings (SSSR count). The van der Waals surface area contributed by atoms with Crippen LogP contribution in [0.15, 0.2) is 28.3 Å². The summed E-state index contributed by atoms with van der Waals surface area (Å²) in [5.74, 6) is 0.0982. The lowest BCUT2D eigenvalue weighted by Crippen LogP contribution is -2.31. The van der Waals surface area contributed by atoms with E-state index in [2.05, 4.69) is 20.0 Å². The second kappa shape index (κ2) is 4.20. The van der Waals surface area contributed by atoms with Gasteiger partial charge in [-0.05, 0) is 18.0 Å². The number of hydrogen-bond acceptors (Lipinski definition) is 3. The van der Waals surface area contributed by atoms with Gasteiger partial charge in [0.25, 0.3) is 0 Å². The summed E-state index contributed by atoms with van der Waals surface area (Å²) in [4.78, 5) is 8.08. The quantitative estimate of drug-likeness (QED) is 0.746. The highest BCUT2D eigenvalue weighted by Crippen LogP contribution is 2.27. The molecule has 0 amide bonds. The Morgan fingerprint density at radius 1 is 1.44 bits per heavy atom. The van der Waals surface area contributed by atoms with Crippen LogP contribution < -0.4 is 10.0 Å². The van der Waals surface area contributed by atoms with E-state index in [-0.39, 0.29) is 5.96 Å². The Morgan fingerprint density at radius 3 is 3.00 bits per heavy atom. The first-order chi connectivity index (χ1) is 7.54. The second-order valence-corrected chi connectivity index (χ2v) is 3.83. The number of aromatic nitrogens is 1. The molecule has 16 heavy (non-hydrogen) atoms. The molecule has 1 aliphatic heterocycles. The van der Waals surface area contributed by atoms with Crippen LogP contribution in [0.2, 0.25) is 0 Å². The normalized spacial score (nSPS) is 17.6. The topological polar surface area (TPSA) is 49.3 Å². The lowest BCUT2D eigenvalue weighted by Gasteiger charge is -2.19. The van der Waals surface area contributed by atoms with Gasteiger partial charge in [0.2, 0.25) is 5.96 Å². The standard InChI is InChI=1S/C8H7F3N4S/c9-8(10,11)4-13-7-14-5-1-2-12-3-6(5)16-15-7/h1-3H,4H2,(H2,13,14,15). The van der Waals surface area contributed by atoms with Crippen molar-refractivity contribution in [2.75, 3.05) is 11.9 Å². The fourth-order valence-corrected chi connectivity index (χ4v) is 1.73. The van der Waals surface area contributed by atoms with Gasteiger partial charge in [0, 0.05) is 12.4 Å². The SMILES string of the molecule is FC(F)(F)CN=C1NSc2cnccc2N1. The molecule has 0 aromatic carbocycles. The highest BCUT2D eigenvalue weighted by Gasteiger charge is 2.27. The predicted molar refractivity (Wildman–Crippen MR) is 55.2 cm³/mol. The van der Waals surface area contributed by atoms with Gasteiger partial charge < -0.3 is 5.32 Å². The fourth-order valence-electron chi connectivity index (χ4n) is 1.06. The fraction of sp³-hybridized carbons (Fsp3) is 0.250. The number of halogens is 3. The lowest BCUT2D eigenvalue weighted by molar-refractivity contribution is -0.118. The molecular formula is C8H7F3N4S. The van der Waals surface area contributed by atoms with Crippen molar-refractivity contribution in [1.82, 2.24) is 9.71 Å². The molecule has 2 heterocycles. The zero-order chi connectivity index (χ0) is 11.6. The number of fused-ring (bicyclic) bond motifs is 1. The number of anilines is 1. The molecule has 0 spiro atoms. The summed E-state index contributed by atoms with van der Waals surface area (Å²) in [5, 5.41) is 2.75. The van der Waals surface area contributed by atoms with E-state index in [0.29, 0.717) is 5.69 Å². The van der Waals surface area contributed by atoms with Crippen LogP contribution in [0.4, 0.5) is 18.9 Å². The molecule has 2 N–H and O–H groups in total. The first kappa shape index (κ1) is 11.1. The number of guanidine groups is 1. The van der Waals surface area contributed by atoms with Crippen LogP contribution in [-0.4, -0.2) is 23.7 Å². The summed E-state index contributed by atoms with van der Waals surface area (Å²) in [5.41, 5.74) is 0.694. The van der Waals surface area contributed by atoms with Gasteiger partial charge in [0.05, 0.1) is 10.6 Å². The molecule has 0 atom stereocenters. The van der Waals surface area contributed by atoms with Crippen molar-refractivity contribution in [3.63, 3.8) is 0 Å². The molecule has 1 aromatic heterocycles. The number of pyridine rings is 1. The van der Waals surface area contributed by atoms with Crippen molar-refractivity contribution in [2.45, 2.75) is 11.1 Å². The van der Waals surface area contributed by atoms with Gasteiger partial charge in [0.15, 0.2) is 0 Å². The van der Waals surface area contributed by atoms with Gasteiger partial charge in [0.1, 0.15) is 6.54 Å². The minimum Gasteiger partial charge on any atom is -0.324 e. The van der Waals surface area contributed by atoms with E-state index in [4.69, 9.17) is 0 Å². The highest BCUT2D eigenvalue weighted by atomic mass is 32.2. The van der Waals surface area contributed by atoms with Crippen molar-refractivity contribution in [1.29, 1.82) is 0 Å². The molecule has 1 aromatic rings. The van der Waals surface area contributed by atoms with Crippen molar-refractivity contribution < 1.29 is 13.2 Å². The maximum atomic E-state index is 11.9. The lowest BCUT2D eigenvalue weighted by atomic mass is 10.4. The van der Waals surface area contributed by atoms with Crippen molar-refractivity contribution in [3.05, 3.63) is 18.5 Å². The van der Waals surface area contributed by atoms with Crippen LogP contribution in [-0.2, 0) is 0 Å². The monoisotopic (exact) mass is 248 g/mol. The second-order valence-electron chi connectivity index (χ2n) is 2.98. The van der Waals surface area contributed by atoms with Crippen LogP contribution in [0.5, 0.6) is 0 Å². The van der Waals surface area contributed by atoms with E-state index < -0.39 is 12.7 Å². The number of hydrogen-bond donors (Lipinski definition) is 2. The zero-order valence-electron chi connectivity index (χ0n) is 7.88. The van der Waals surface area contributed by atoms with Crippen molar-refractivity contribution in [2.24, 2.45) is 4.99 Å². The van der Waals surface area contributed by atoms with Gasteiger partial charge in [-0.25, -0.2) is 4.99 Å². The van der Waals surface area contributed by atoms with Crippen LogP contribution in [0.25, 0.3) is 0 Å². The Morgan fingerprint density at radius 2 is 2.25 bits per heavy atom. The average Bonchev–Trinajstić information content (AvgIpc) is 2.25. The number of nitrogens with one attached hydrogen (secondary N) is 2. The van der Waals surface area contributed by atoms with Crippen LogP contribution >= 0.6 is 11.9 Å². The molecule has 86 valence electrons. The van der Waals surface area contributed by atoms with E-state index in [9.17, 15) is 13.2 Å². The molecule has 0 bridgehead atoms. The molecule has 0 aliphatic carbocycles. The summed E-state index contributed by atoms with van der Waals surface area (Å²) >= 11 is 1.17. The Bertz CT molecular complexity index is 418. The average molecular weight is 248 g/mol. The smallest absolute Gasteiger partial charge is 0.324 e. The Hall–Kier alpha value is -1.44. The van der Waals surface area contributed by atoms with E-state index in [1.165, 1.54) is 11.9 Å². The molecule has 0 fully saturated rings. The third-order valence-electron chi connectivity index (χ3n) is 1.71. The maximum absolute atomic E-state index is 11.9.